The molecule has 4 rings (SSSR count). The van der Waals surface area contributed by atoms with E-state index in [1.54, 1.807) is 0 Å². The highest BCUT2D eigenvalue weighted by Gasteiger charge is 2.53. The molecule has 2 aromatic rings. The summed E-state index contributed by atoms with van der Waals surface area (Å²) < 4.78 is 52.3. The van der Waals surface area contributed by atoms with Crippen LogP contribution in [0.4, 0.5) is 23.5 Å². The van der Waals surface area contributed by atoms with Crippen LogP contribution in [0.1, 0.15) is 34.3 Å². The highest BCUT2D eigenvalue weighted by atomic mass is 35.5. The Morgan fingerprint density at radius 3 is 2.48 bits per heavy atom. The van der Waals surface area contributed by atoms with Crippen LogP contribution >= 0.6 is 11.6 Å². The van der Waals surface area contributed by atoms with Crippen LogP contribution in [0.15, 0.2) is 24.5 Å². The second-order valence-electron chi connectivity index (χ2n) is 7.09. The number of hydrogen-bond acceptors (Lipinski definition) is 4. The van der Waals surface area contributed by atoms with Gasteiger partial charge >= 0.3 is 6.18 Å². The quantitative estimate of drug-likeness (QED) is 0.760. The van der Waals surface area contributed by atoms with Crippen molar-refractivity contribution in [3.05, 3.63) is 52.1 Å². The molecule has 6 nitrogen and oxygen atoms in total. The average Bonchev–Trinajstić information content (AvgIpc) is 3.40. The Hall–Kier alpha value is -2.75. The van der Waals surface area contributed by atoms with E-state index in [1.165, 1.54) is 4.90 Å². The van der Waals surface area contributed by atoms with Gasteiger partial charge in [0.15, 0.2) is 5.82 Å². The van der Waals surface area contributed by atoms with Crippen LogP contribution in [0.3, 0.4) is 0 Å². The number of nitrogens with zero attached hydrogens (tertiary/aromatic N) is 3. The Morgan fingerprint density at radius 2 is 1.90 bits per heavy atom. The molecule has 152 valence electrons. The maximum absolute atomic E-state index is 13.1. The lowest BCUT2D eigenvalue weighted by Gasteiger charge is -2.35. The second-order valence-corrected chi connectivity index (χ2v) is 7.50. The van der Waals surface area contributed by atoms with Gasteiger partial charge in [-0.3, -0.25) is 14.9 Å². The van der Waals surface area contributed by atoms with Crippen molar-refractivity contribution >= 4 is 29.4 Å². The van der Waals surface area contributed by atoms with Crippen molar-refractivity contribution in [3.63, 3.8) is 0 Å². The van der Waals surface area contributed by atoms with Crippen LogP contribution in [0.2, 0.25) is 5.02 Å². The summed E-state index contributed by atoms with van der Waals surface area (Å²) in [6.45, 7) is -0.258. The molecule has 1 spiro atoms. The molecule has 2 amide bonds. The third kappa shape index (κ3) is 3.64. The van der Waals surface area contributed by atoms with E-state index in [9.17, 15) is 27.2 Å². The first-order chi connectivity index (χ1) is 13.6. The molecule has 1 aromatic carbocycles. The van der Waals surface area contributed by atoms with Gasteiger partial charge in [-0.2, -0.15) is 13.2 Å². The lowest BCUT2D eigenvalue weighted by molar-refractivity contribution is -0.137. The summed E-state index contributed by atoms with van der Waals surface area (Å²) >= 11 is 6.05. The molecule has 1 aliphatic heterocycles. The molecule has 1 fully saturated rings. The number of hydrogen-bond donors (Lipinski definition) is 1. The Bertz CT molecular complexity index is 1010. The first-order valence-corrected chi connectivity index (χ1v) is 8.95. The smallest absolute Gasteiger partial charge is 0.328 e. The summed E-state index contributed by atoms with van der Waals surface area (Å²) in [6, 6.07) is 1.71. The molecule has 1 aliphatic carbocycles. The topological polar surface area (TPSA) is 75.2 Å². The number of carbonyl (C=O) groups is 2. The van der Waals surface area contributed by atoms with Gasteiger partial charge in [-0.15, -0.1) is 0 Å². The van der Waals surface area contributed by atoms with Crippen LogP contribution in [-0.4, -0.2) is 39.8 Å². The monoisotopic (exact) mass is 428 g/mol. The fourth-order valence-electron chi connectivity index (χ4n) is 3.51. The highest BCUT2D eigenvalue weighted by Crippen LogP contribution is 2.54. The van der Waals surface area contributed by atoms with E-state index in [4.69, 9.17) is 11.6 Å². The van der Waals surface area contributed by atoms with E-state index in [0.29, 0.717) is 12.8 Å². The molecule has 11 heteroatoms. The zero-order chi connectivity index (χ0) is 21.0. The summed E-state index contributed by atoms with van der Waals surface area (Å²) in [6.07, 6.45) is -1.65. The van der Waals surface area contributed by atoms with Gasteiger partial charge in [-0.1, -0.05) is 11.6 Å². The molecule has 0 radical (unpaired) electrons. The number of anilines is 1. The zero-order valence-corrected chi connectivity index (χ0v) is 15.4. The van der Waals surface area contributed by atoms with Gasteiger partial charge in [0.1, 0.15) is 6.54 Å². The Morgan fingerprint density at radius 1 is 1.24 bits per heavy atom. The number of carbonyl (C=O) groups excluding carboxylic acids is 2. The van der Waals surface area contributed by atoms with Crippen molar-refractivity contribution in [2.45, 2.75) is 24.4 Å². The maximum Gasteiger partial charge on any atom is 0.416 e. The predicted molar refractivity (Wildman–Crippen MR) is 93.9 cm³/mol. The first-order valence-electron chi connectivity index (χ1n) is 8.57. The fraction of sp³-hybridized carbons (Fsp3) is 0.333. The number of alkyl halides is 3. The number of rotatable bonds is 3. The van der Waals surface area contributed by atoms with E-state index in [0.717, 1.165) is 24.5 Å². The number of halogens is 5. The molecule has 1 saturated carbocycles. The molecule has 1 N–H and O–H groups in total. The molecular weight excluding hydrogens is 416 g/mol. The molecule has 0 bridgehead atoms. The van der Waals surface area contributed by atoms with Gasteiger partial charge < -0.3 is 4.90 Å². The summed E-state index contributed by atoms with van der Waals surface area (Å²) in [4.78, 5) is 33.6. The van der Waals surface area contributed by atoms with Crippen molar-refractivity contribution in [3.8, 4) is 0 Å². The van der Waals surface area contributed by atoms with E-state index in [-0.39, 0.29) is 35.2 Å². The molecular formula is C18H13ClF4N4O2. The Balaban J connectivity index is 1.59. The normalized spacial score (nSPS) is 17.3. The van der Waals surface area contributed by atoms with Crippen molar-refractivity contribution in [1.82, 2.24) is 14.9 Å². The largest absolute Gasteiger partial charge is 0.416 e. The van der Waals surface area contributed by atoms with Gasteiger partial charge in [0.05, 0.1) is 28.5 Å². The molecule has 29 heavy (non-hydrogen) atoms. The number of nitrogens with one attached hydrogen (secondary N) is 1. The molecule has 2 heterocycles. The number of amides is 2. The zero-order valence-electron chi connectivity index (χ0n) is 14.7. The SMILES string of the molecule is O=C(CN1CC2(CC2)c2cc(C(F)(F)F)cc(Cl)c2C1=O)Nc1ncc(F)cn1. The summed E-state index contributed by atoms with van der Waals surface area (Å²) in [5.74, 6) is -2.04. The fourth-order valence-corrected chi connectivity index (χ4v) is 3.81. The summed E-state index contributed by atoms with van der Waals surface area (Å²) in [5.41, 5.74) is -1.27. The van der Waals surface area contributed by atoms with Gasteiger partial charge in [0.2, 0.25) is 11.9 Å². The van der Waals surface area contributed by atoms with Gasteiger partial charge in [-0.05, 0) is 30.5 Å². The van der Waals surface area contributed by atoms with Crippen molar-refractivity contribution < 1.29 is 27.2 Å². The second kappa shape index (κ2) is 6.65. The predicted octanol–water partition coefficient (Wildman–Crippen LogP) is 3.41. The van der Waals surface area contributed by atoms with Crippen molar-refractivity contribution in [1.29, 1.82) is 0 Å². The first kappa shape index (κ1) is 19.6. The van der Waals surface area contributed by atoms with Crippen molar-refractivity contribution in [2.75, 3.05) is 18.4 Å². The maximum atomic E-state index is 13.1. The summed E-state index contributed by atoms with van der Waals surface area (Å²) in [7, 11) is 0. The minimum atomic E-state index is -4.58. The molecule has 2 aliphatic rings. The van der Waals surface area contributed by atoms with E-state index in [2.05, 4.69) is 15.3 Å². The standard InChI is InChI=1S/C18H13ClF4N4O2/c19-12-4-9(18(21,22)23)3-11-14(12)15(29)27(8-17(11)1-2-17)7-13(28)26-16-24-5-10(20)6-25-16/h3-6H,1-2,7-8H2,(H,24,25,26,28). The van der Waals surface area contributed by atoms with E-state index < -0.39 is 34.8 Å². The van der Waals surface area contributed by atoms with E-state index >= 15 is 0 Å². The van der Waals surface area contributed by atoms with Crippen LogP contribution in [0, 0.1) is 5.82 Å². The van der Waals surface area contributed by atoms with Gasteiger partial charge in [-0.25, -0.2) is 14.4 Å². The summed E-state index contributed by atoms with van der Waals surface area (Å²) in [5, 5.41) is 2.06. The number of fused-ring (bicyclic) bond motifs is 2. The van der Waals surface area contributed by atoms with Gasteiger partial charge in [0.25, 0.3) is 5.91 Å². The lowest BCUT2D eigenvalue weighted by Crippen LogP contribution is -2.47. The highest BCUT2D eigenvalue weighted by molar-refractivity contribution is 6.34. The minimum absolute atomic E-state index is 0.00533. The molecule has 0 atom stereocenters. The Kier molecular flexibility index (Phi) is 4.49. The molecule has 0 saturated heterocycles. The van der Waals surface area contributed by atoms with Gasteiger partial charge in [0, 0.05) is 12.0 Å². The lowest BCUT2D eigenvalue weighted by atomic mass is 9.85. The van der Waals surface area contributed by atoms with E-state index in [1.807, 2.05) is 0 Å². The number of benzene rings is 1. The third-order valence-electron chi connectivity index (χ3n) is 5.04. The number of aromatic nitrogens is 2. The van der Waals surface area contributed by atoms with Crippen LogP contribution in [0.5, 0.6) is 0 Å². The third-order valence-corrected chi connectivity index (χ3v) is 5.34. The van der Waals surface area contributed by atoms with Crippen molar-refractivity contribution in [2.24, 2.45) is 0 Å². The minimum Gasteiger partial charge on any atom is -0.328 e. The Labute approximate surface area is 166 Å². The van der Waals surface area contributed by atoms with Crippen LogP contribution in [-0.2, 0) is 16.4 Å². The molecule has 1 aromatic heterocycles. The molecule has 0 unspecified atom stereocenters. The van der Waals surface area contributed by atoms with Crippen LogP contribution in [0.25, 0.3) is 0 Å². The average molecular weight is 429 g/mol. The van der Waals surface area contributed by atoms with Crippen LogP contribution < -0.4 is 5.32 Å².